The topological polar surface area (TPSA) is 57.6 Å². The molecule has 0 aromatic heterocycles. The fourth-order valence-electron chi connectivity index (χ4n) is 2.47. The highest BCUT2D eigenvalue weighted by atomic mass is 16.4. The lowest BCUT2D eigenvalue weighted by molar-refractivity contribution is -0.132. The number of carboxylic acids is 1. The van der Waals surface area contributed by atoms with Gasteiger partial charge < -0.3 is 10.0 Å². The van der Waals surface area contributed by atoms with Gasteiger partial charge in [0.1, 0.15) is 0 Å². The molecular formula is C15H19NO3. The molecule has 1 aliphatic rings. The molecule has 1 unspecified atom stereocenters. The van der Waals surface area contributed by atoms with Crippen molar-refractivity contribution < 1.29 is 14.7 Å². The maximum absolute atomic E-state index is 12.1. The number of carbonyl (C=O) groups is 2. The quantitative estimate of drug-likeness (QED) is 0.907. The number of carbonyl (C=O) groups excluding carboxylic acids is 1. The van der Waals surface area contributed by atoms with Crippen LogP contribution in [-0.4, -0.2) is 35.0 Å². The molecule has 0 bridgehead atoms. The van der Waals surface area contributed by atoms with Crippen molar-refractivity contribution in [2.24, 2.45) is 5.92 Å². The van der Waals surface area contributed by atoms with Crippen molar-refractivity contribution in [1.82, 2.24) is 4.90 Å². The minimum atomic E-state index is -0.942. The molecule has 1 N–H and O–H groups in total. The SMILES string of the molecule is CC1CCCN(C(=O)Cc2ccc(C(=O)O)cc2)C1. The maximum Gasteiger partial charge on any atom is 0.335 e. The zero-order chi connectivity index (χ0) is 13.8. The van der Waals surface area contributed by atoms with E-state index < -0.39 is 5.97 Å². The van der Waals surface area contributed by atoms with Gasteiger partial charge in [-0.05, 0) is 36.5 Å². The monoisotopic (exact) mass is 261 g/mol. The number of amides is 1. The molecule has 102 valence electrons. The third-order valence-electron chi connectivity index (χ3n) is 3.57. The van der Waals surface area contributed by atoms with Crippen LogP contribution in [0.15, 0.2) is 24.3 Å². The highest BCUT2D eigenvalue weighted by Crippen LogP contribution is 2.16. The number of hydrogen-bond acceptors (Lipinski definition) is 2. The van der Waals surface area contributed by atoms with E-state index in [1.54, 1.807) is 24.3 Å². The molecule has 4 heteroatoms. The smallest absolute Gasteiger partial charge is 0.335 e. The van der Waals surface area contributed by atoms with Crippen LogP contribution in [0.2, 0.25) is 0 Å². The van der Waals surface area contributed by atoms with Crippen molar-refractivity contribution in [3.05, 3.63) is 35.4 Å². The van der Waals surface area contributed by atoms with Crippen molar-refractivity contribution >= 4 is 11.9 Å². The van der Waals surface area contributed by atoms with Gasteiger partial charge >= 0.3 is 5.97 Å². The molecule has 1 fully saturated rings. The summed E-state index contributed by atoms with van der Waals surface area (Å²) in [6.45, 7) is 3.85. The molecule has 1 aromatic rings. The van der Waals surface area contributed by atoms with Gasteiger partial charge in [0.25, 0.3) is 0 Å². The van der Waals surface area contributed by atoms with Gasteiger partial charge in [0, 0.05) is 13.1 Å². The van der Waals surface area contributed by atoms with E-state index in [2.05, 4.69) is 6.92 Å². The summed E-state index contributed by atoms with van der Waals surface area (Å²) in [6, 6.07) is 6.52. The van der Waals surface area contributed by atoms with Crippen LogP contribution in [0, 0.1) is 5.92 Å². The van der Waals surface area contributed by atoms with Crippen LogP contribution in [0.4, 0.5) is 0 Å². The van der Waals surface area contributed by atoms with Gasteiger partial charge in [-0.1, -0.05) is 19.1 Å². The van der Waals surface area contributed by atoms with Crippen LogP contribution in [0.1, 0.15) is 35.7 Å². The Hall–Kier alpha value is -1.84. The average molecular weight is 261 g/mol. The van der Waals surface area contributed by atoms with Crippen LogP contribution in [0.5, 0.6) is 0 Å². The van der Waals surface area contributed by atoms with Crippen molar-refractivity contribution in [2.75, 3.05) is 13.1 Å². The first-order valence-corrected chi connectivity index (χ1v) is 6.66. The molecule has 1 heterocycles. The second-order valence-electron chi connectivity index (χ2n) is 5.27. The Kier molecular flexibility index (Phi) is 4.20. The fraction of sp³-hybridized carbons (Fsp3) is 0.467. The van der Waals surface area contributed by atoms with Gasteiger partial charge in [0.2, 0.25) is 5.91 Å². The van der Waals surface area contributed by atoms with Crippen LogP contribution >= 0.6 is 0 Å². The Morgan fingerprint density at radius 2 is 2.00 bits per heavy atom. The van der Waals surface area contributed by atoms with E-state index in [4.69, 9.17) is 5.11 Å². The molecule has 19 heavy (non-hydrogen) atoms. The third kappa shape index (κ3) is 3.56. The second-order valence-corrected chi connectivity index (χ2v) is 5.27. The highest BCUT2D eigenvalue weighted by Gasteiger charge is 2.20. The molecule has 0 aliphatic carbocycles. The normalized spacial score (nSPS) is 19.2. The summed E-state index contributed by atoms with van der Waals surface area (Å²) in [6.07, 6.45) is 2.62. The van der Waals surface area contributed by atoms with Gasteiger partial charge in [-0.15, -0.1) is 0 Å². The minimum absolute atomic E-state index is 0.134. The fourth-order valence-corrected chi connectivity index (χ4v) is 2.47. The summed E-state index contributed by atoms with van der Waals surface area (Å²) in [5.41, 5.74) is 1.12. The molecule has 1 aromatic carbocycles. The molecule has 0 radical (unpaired) electrons. The first-order valence-electron chi connectivity index (χ1n) is 6.66. The molecule has 1 atom stereocenters. The number of aromatic carboxylic acids is 1. The van der Waals surface area contributed by atoms with E-state index >= 15 is 0 Å². The molecule has 1 amide bonds. The summed E-state index contributed by atoms with van der Waals surface area (Å²) in [7, 11) is 0. The Morgan fingerprint density at radius 3 is 2.58 bits per heavy atom. The van der Waals surface area contributed by atoms with E-state index in [1.807, 2.05) is 4.90 Å². The van der Waals surface area contributed by atoms with Crippen LogP contribution in [-0.2, 0) is 11.2 Å². The Labute approximate surface area is 113 Å². The van der Waals surface area contributed by atoms with Gasteiger partial charge in [-0.2, -0.15) is 0 Å². The van der Waals surface area contributed by atoms with E-state index in [0.29, 0.717) is 12.3 Å². The van der Waals surface area contributed by atoms with Gasteiger partial charge in [0.15, 0.2) is 0 Å². The van der Waals surface area contributed by atoms with Crippen molar-refractivity contribution in [3.8, 4) is 0 Å². The van der Waals surface area contributed by atoms with Crippen LogP contribution in [0.25, 0.3) is 0 Å². The Morgan fingerprint density at radius 1 is 1.32 bits per heavy atom. The summed E-state index contributed by atoms with van der Waals surface area (Å²) in [5, 5.41) is 8.82. The molecule has 0 spiro atoms. The van der Waals surface area contributed by atoms with Crippen molar-refractivity contribution in [2.45, 2.75) is 26.2 Å². The first-order chi connectivity index (χ1) is 9.06. The lowest BCUT2D eigenvalue weighted by Crippen LogP contribution is -2.39. The number of likely N-dealkylation sites (tertiary alicyclic amines) is 1. The summed E-state index contributed by atoms with van der Waals surface area (Å²) >= 11 is 0. The largest absolute Gasteiger partial charge is 0.478 e. The minimum Gasteiger partial charge on any atom is -0.478 e. The number of hydrogen-bond donors (Lipinski definition) is 1. The molecule has 0 saturated carbocycles. The molecule has 4 nitrogen and oxygen atoms in total. The average Bonchev–Trinajstić information content (AvgIpc) is 2.39. The molecule has 2 rings (SSSR count). The van der Waals surface area contributed by atoms with Gasteiger partial charge in [-0.3, -0.25) is 4.79 Å². The van der Waals surface area contributed by atoms with E-state index in [-0.39, 0.29) is 11.5 Å². The van der Waals surface area contributed by atoms with Crippen molar-refractivity contribution in [1.29, 1.82) is 0 Å². The predicted octanol–water partition coefficient (Wildman–Crippen LogP) is 2.19. The third-order valence-corrected chi connectivity index (χ3v) is 3.57. The van der Waals surface area contributed by atoms with Gasteiger partial charge in [0.05, 0.1) is 12.0 Å². The summed E-state index contributed by atoms with van der Waals surface area (Å²) in [5.74, 6) is -0.232. The predicted molar refractivity (Wildman–Crippen MR) is 72.1 cm³/mol. The molecular weight excluding hydrogens is 242 g/mol. The first kappa shape index (κ1) is 13.6. The highest BCUT2D eigenvalue weighted by molar-refractivity contribution is 5.87. The standard InChI is InChI=1S/C15H19NO3/c1-11-3-2-8-16(10-11)14(17)9-12-4-6-13(7-5-12)15(18)19/h4-7,11H,2-3,8-10H2,1H3,(H,18,19). The number of piperidine rings is 1. The van der Waals surface area contributed by atoms with E-state index in [9.17, 15) is 9.59 Å². The number of benzene rings is 1. The Bertz CT molecular complexity index is 467. The van der Waals surface area contributed by atoms with Gasteiger partial charge in [-0.25, -0.2) is 4.79 Å². The number of nitrogens with zero attached hydrogens (tertiary/aromatic N) is 1. The molecule has 1 aliphatic heterocycles. The van der Waals surface area contributed by atoms with Crippen molar-refractivity contribution in [3.63, 3.8) is 0 Å². The second kappa shape index (κ2) is 5.87. The molecule has 1 saturated heterocycles. The van der Waals surface area contributed by atoms with Crippen LogP contribution in [0.3, 0.4) is 0 Å². The number of carboxylic acid groups (broad SMARTS) is 1. The van der Waals surface area contributed by atoms with E-state index in [1.165, 1.54) is 6.42 Å². The zero-order valence-electron chi connectivity index (χ0n) is 11.1. The van der Waals surface area contributed by atoms with Crippen LogP contribution < -0.4 is 0 Å². The maximum atomic E-state index is 12.1. The van der Waals surface area contributed by atoms with E-state index in [0.717, 1.165) is 25.1 Å². The summed E-state index contributed by atoms with van der Waals surface area (Å²) < 4.78 is 0. The zero-order valence-corrected chi connectivity index (χ0v) is 11.1. The Balaban J connectivity index is 1.96. The summed E-state index contributed by atoms with van der Waals surface area (Å²) in [4.78, 5) is 24.8. The number of rotatable bonds is 3. The lowest BCUT2D eigenvalue weighted by Gasteiger charge is -2.31. The lowest BCUT2D eigenvalue weighted by atomic mass is 9.99.